The lowest BCUT2D eigenvalue weighted by Crippen LogP contribution is -2.07. The van der Waals surface area contributed by atoms with E-state index in [1.54, 1.807) is 12.3 Å². The van der Waals surface area contributed by atoms with Crippen LogP contribution in [0.25, 0.3) is 5.82 Å². The van der Waals surface area contributed by atoms with E-state index in [0.717, 1.165) is 29.0 Å². The van der Waals surface area contributed by atoms with Gasteiger partial charge in [0.2, 0.25) is 5.88 Å². The third-order valence-electron chi connectivity index (χ3n) is 6.78. The minimum atomic E-state index is -4.47. The van der Waals surface area contributed by atoms with Gasteiger partial charge in [-0.15, -0.1) is 5.10 Å². The van der Waals surface area contributed by atoms with Gasteiger partial charge in [0.15, 0.2) is 17.3 Å². The minimum absolute atomic E-state index is 0.0205. The Morgan fingerprint density at radius 1 is 1.00 bits per heavy atom. The number of aromatic nitrogens is 3. The van der Waals surface area contributed by atoms with Crippen LogP contribution in [0.5, 0.6) is 17.4 Å². The summed E-state index contributed by atoms with van der Waals surface area (Å²) in [6.07, 6.45) is -0.196. The Balaban J connectivity index is 1.45. The molecule has 0 fully saturated rings. The van der Waals surface area contributed by atoms with Crippen LogP contribution in [0.1, 0.15) is 61.3 Å². The van der Waals surface area contributed by atoms with Crippen molar-refractivity contribution in [1.29, 1.82) is 0 Å². The first-order valence-electron chi connectivity index (χ1n) is 14.1. The van der Waals surface area contributed by atoms with Crippen LogP contribution in [0.2, 0.25) is 0 Å². The molecule has 4 aromatic rings. The Kier molecular flexibility index (Phi) is 10.6. The fourth-order valence-corrected chi connectivity index (χ4v) is 4.53. The number of carboxylic acids is 1. The smallest absolute Gasteiger partial charge is 0.417 e. The Morgan fingerprint density at radius 3 is 2.44 bits per heavy atom. The molecule has 0 spiro atoms. The molecule has 8 nitrogen and oxygen atoms in total. The molecule has 2 aromatic heterocycles. The average Bonchev–Trinajstić information content (AvgIpc) is 3.40. The van der Waals surface area contributed by atoms with E-state index in [9.17, 15) is 23.1 Å². The van der Waals surface area contributed by atoms with Gasteiger partial charge in [0.25, 0.3) is 0 Å². The summed E-state index contributed by atoms with van der Waals surface area (Å²) in [4.78, 5) is 15.3. The number of carbonyl (C=O) groups is 1. The lowest BCUT2D eigenvalue weighted by Gasteiger charge is -2.18. The quantitative estimate of drug-likeness (QED) is 0.144. The van der Waals surface area contributed by atoms with Gasteiger partial charge >= 0.3 is 12.1 Å². The Labute approximate surface area is 248 Å². The maximum Gasteiger partial charge on any atom is 0.417 e. The zero-order chi connectivity index (χ0) is 30.8. The van der Waals surface area contributed by atoms with E-state index in [4.69, 9.17) is 14.2 Å². The van der Waals surface area contributed by atoms with Gasteiger partial charge in [0.1, 0.15) is 6.61 Å². The number of hydrogen-bond donors (Lipinski definition) is 1. The van der Waals surface area contributed by atoms with Crippen LogP contribution in [0.15, 0.2) is 73.1 Å². The molecular weight excluding hydrogens is 563 g/mol. The highest BCUT2D eigenvalue weighted by molar-refractivity contribution is 5.68. The minimum Gasteiger partial charge on any atom is -0.490 e. The van der Waals surface area contributed by atoms with Gasteiger partial charge in [0, 0.05) is 18.0 Å². The van der Waals surface area contributed by atoms with Crippen molar-refractivity contribution >= 4 is 5.97 Å². The largest absolute Gasteiger partial charge is 0.490 e. The van der Waals surface area contributed by atoms with E-state index >= 15 is 0 Å². The first-order valence-corrected chi connectivity index (χ1v) is 14.1. The maximum atomic E-state index is 12.9. The van der Waals surface area contributed by atoms with Gasteiger partial charge < -0.3 is 19.3 Å². The number of alkyl halides is 3. The number of aliphatic carboxylic acids is 1. The number of carboxylic acid groups (broad SMARTS) is 1. The summed E-state index contributed by atoms with van der Waals surface area (Å²) in [5, 5.41) is 13.7. The molecule has 0 amide bonds. The Hall–Kier alpha value is -4.54. The summed E-state index contributed by atoms with van der Waals surface area (Å²) in [5.41, 5.74) is 1.78. The molecule has 11 heteroatoms. The maximum absolute atomic E-state index is 12.9. The van der Waals surface area contributed by atoms with E-state index in [-0.39, 0.29) is 18.2 Å². The van der Waals surface area contributed by atoms with Gasteiger partial charge in [-0.2, -0.15) is 13.2 Å². The van der Waals surface area contributed by atoms with Crippen molar-refractivity contribution in [2.45, 2.75) is 58.2 Å². The van der Waals surface area contributed by atoms with E-state index in [0.29, 0.717) is 56.5 Å². The molecule has 0 bridgehead atoms. The summed E-state index contributed by atoms with van der Waals surface area (Å²) in [7, 11) is 0. The highest BCUT2D eigenvalue weighted by atomic mass is 19.4. The van der Waals surface area contributed by atoms with Crippen molar-refractivity contribution in [3.8, 4) is 23.2 Å². The highest BCUT2D eigenvalue weighted by Crippen LogP contribution is 2.34. The average molecular weight is 598 g/mol. The number of benzene rings is 2. The van der Waals surface area contributed by atoms with Crippen molar-refractivity contribution in [3.05, 3.63) is 95.3 Å². The van der Waals surface area contributed by atoms with Crippen LogP contribution < -0.4 is 14.2 Å². The molecule has 43 heavy (non-hydrogen) atoms. The number of halogens is 3. The summed E-state index contributed by atoms with van der Waals surface area (Å²) in [6, 6.07) is 17.5. The number of nitrogens with zero attached hydrogens (tertiary/aromatic N) is 3. The second kappa shape index (κ2) is 14.6. The van der Waals surface area contributed by atoms with Gasteiger partial charge in [-0.3, -0.25) is 4.79 Å². The highest BCUT2D eigenvalue weighted by Gasteiger charge is 2.30. The molecule has 0 saturated carbocycles. The molecule has 1 unspecified atom stereocenters. The molecule has 0 aliphatic heterocycles. The van der Waals surface area contributed by atoms with Crippen molar-refractivity contribution in [2.24, 2.45) is 0 Å². The van der Waals surface area contributed by atoms with Crippen LogP contribution in [-0.4, -0.2) is 39.1 Å². The molecular formula is C32H34F3N3O5. The standard InChI is InChI=1S/C32H34F3N3O5/c1-3-23(18-30(39)40)24-12-14-27(28(17-24)43-21-22-9-6-5-7-10-22)42-16-8-11-25-20-38(37-31(25)41-4-2)29-15-13-26(19-36-29)32(33,34)35/h5-7,9-10,12-15,17,19-20,23H,3-4,8,11,16,18,21H2,1-2H3,(H,39,40). The normalized spacial score (nSPS) is 12.1. The molecule has 1 N–H and O–H groups in total. The predicted octanol–water partition coefficient (Wildman–Crippen LogP) is 7.24. The van der Waals surface area contributed by atoms with Crippen LogP contribution in [0.3, 0.4) is 0 Å². The fourth-order valence-electron chi connectivity index (χ4n) is 4.53. The molecule has 2 heterocycles. The van der Waals surface area contributed by atoms with Crippen molar-refractivity contribution in [1.82, 2.24) is 14.8 Å². The monoisotopic (exact) mass is 597 g/mol. The lowest BCUT2D eigenvalue weighted by atomic mass is 9.93. The molecule has 0 aliphatic rings. The van der Waals surface area contributed by atoms with Gasteiger partial charge in [-0.25, -0.2) is 9.67 Å². The van der Waals surface area contributed by atoms with E-state index < -0.39 is 17.7 Å². The van der Waals surface area contributed by atoms with Crippen molar-refractivity contribution in [3.63, 3.8) is 0 Å². The number of pyridine rings is 1. The molecule has 2 aromatic carbocycles. The summed E-state index contributed by atoms with van der Waals surface area (Å²) in [5.74, 6) is 0.677. The molecule has 228 valence electrons. The van der Waals surface area contributed by atoms with E-state index in [1.807, 2.05) is 56.3 Å². The molecule has 4 rings (SSSR count). The summed E-state index contributed by atoms with van der Waals surface area (Å²) in [6.45, 7) is 4.81. The third-order valence-corrected chi connectivity index (χ3v) is 6.78. The van der Waals surface area contributed by atoms with Crippen LogP contribution >= 0.6 is 0 Å². The Morgan fingerprint density at radius 2 is 1.79 bits per heavy atom. The van der Waals surface area contributed by atoms with Gasteiger partial charge in [-0.05, 0) is 67.5 Å². The van der Waals surface area contributed by atoms with E-state index in [2.05, 4.69) is 10.1 Å². The fraction of sp³-hybridized carbons (Fsp3) is 0.344. The summed E-state index contributed by atoms with van der Waals surface area (Å²) < 4.78 is 58.1. The molecule has 0 saturated heterocycles. The van der Waals surface area contributed by atoms with Gasteiger partial charge in [0.05, 0.1) is 25.2 Å². The molecule has 1 atom stereocenters. The zero-order valence-electron chi connectivity index (χ0n) is 24.0. The second-order valence-corrected chi connectivity index (χ2v) is 9.88. The molecule has 0 radical (unpaired) electrons. The number of rotatable bonds is 15. The Bertz CT molecular complexity index is 1470. The van der Waals surface area contributed by atoms with Crippen molar-refractivity contribution in [2.75, 3.05) is 13.2 Å². The number of hydrogen-bond acceptors (Lipinski definition) is 6. The predicted molar refractivity (Wildman–Crippen MR) is 154 cm³/mol. The second-order valence-electron chi connectivity index (χ2n) is 9.88. The van der Waals surface area contributed by atoms with E-state index in [1.165, 1.54) is 10.7 Å². The lowest BCUT2D eigenvalue weighted by molar-refractivity contribution is -0.138. The summed E-state index contributed by atoms with van der Waals surface area (Å²) >= 11 is 0. The number of aryl methyl sites for hydroxylation is 1. The first kappa shape index (κ1) is 31.4. The SMILES string of the molecule is CCOc1nn(-c2ccc(C(F)(F)F)cn2)cc1CCCOc1ccc(C(CC)CC(=O)O)cc1OCc1ccccc1. The third kappa shape index (κ3) is 8.73. The van der Waals surface area contributed by atoms with Gasteiger partial charge in [-0.1, -0.05) is 43.3 Å². The zero-order valence-corrected chi connectivity index (χ0v) is 24.0. The van der Waals surface area contributed by atoms with Crippen molar-refractivity contribution < 1.29 is 37.3 Å². The number of ether oxygens (including phenoxy) is 3. The topological polar surface area (TPSA) is 95.7 Å². The van der Waals surface area contributed by atoms with Crippen LogP contribution in [0, 0.1) is 0 Å². The van der Waals surface area contributed by atoms with Crippen LogP contribution in [-0.2, 0) is 24.0 Å². The first-order chi connectivity index (χ1) is 20.7. The molecule has 0 aliphatic carbocycles. The van der Waals surface area contributed by atoms with Crippen LogP contribution in [0.4, 0.5) is 13.2 Å².